The van der Waals surface area contributed by atoms with E-state index in [1.165, 1.54) is 0 Å². The van der Waals surface area contributed by atoms with Gasteiger partial charge in [-0.25, -0.2) is 0 Å². The van der Waals surface area contributed by atoms with Crippen LogP contribution in [0.4, 0.5) is 0 Å². The number of carboxylic acids is 1. The Morgan fingerprint density at radius 1 is 1.42 bits per heavy atom. The maximum Gasteiger partial charge on any atom is 0.308 e. The quantitative estimate of drug-likeness (QED) is 0.913. The van der Waals surface area contributed by atoms with Crippen LogP contribution in [0.1, 0.15) is 12.0 Å². The number of amides is 1. The molecule has 3 rings (SSSR count). The first-order chi connectivity index (χ1) is 9.13. The highest BCUT2D eigenvalue weighted by atomic mass is 16.4. The SMILES string of the molecule is O=C(O)C1CC(=O)N(Cc2ccc3occc3c2)C1. The lowest BCUT2D eigenvalue weighted by Crippen LogP contribution is -2.25. The first-order valence-electron chi connectivity index (χ1n) is 6.10. The summed E-state index contributed by atoms with van der Waals surface area (Å²) in [6.45, 7) is 0.737. The van der Waals surface area contributed by atoms with E-state index >= 15 is 0 Å². The van der Waals surface area contributed by atoms with Gasteiger partial charge in [-0.05, 0) is 23.8 Å². The fraction of sp³-hybridized carbons (Fsp3) is 0.286. The predicted molar refractivity (Wildman–Crippen MR) is 67.4 cm³/mol. The second kappa shape index (κ2) is 4.42. The monoisotopic (exact) mass is 259 g/mol. The Morgan fingerprint density at radius 3 is 3.00 bits per heavy atom. The van der Waals surface area contributed by atoms with E-state index in [9.17, 15) is 9.59 Å². The number of nitrogens with zero attached hydrogens (tertiary/aromatic N) is 1. The zero-order valence-corrected chi connectivity index (χ0v) is 10.2. The van der Waals surface area contributed by atoms with Crippen molar-refractivity contribution < 1.29 is 19.1 Å². The topological polar surface area (TPSA) is 70.8 Å². The van der Waals surface area contributed by atoms with E-state index in [0.717, 1.165) is 16.5 Å². The molecule has 98 valence electrons. The van der Waals surface area contributed by atoms with Crippen molar-refractivity contribution in [2.45, 2.75) is 13.0 Å². The molecule has 2 heterocycles. The molecule has 0 bridgehead atoms. The third kappa shape index (κ3) is 2.19. The smallest absolute Gasteiger partial charge is 0.308 e. The van der Waals surface area contributed by atoms with Crippen molar-refractivity contribution >= 4 is 22.8 Å². The Balaban J connectivity index is 1.77. The molecule has 1 aromatic carbocycles. The number of carbonyl (C=O) groups excluding carboxylic acids is 1. The Kier molecular flexibility index (Phi) is 2.74. The molecule has 1 aliphatic heterocycles. The lowest BCUT2D eigenvalue weighted by atomic mass is 10.1. The van der Waals surface area contributed by atoms with Crippen molar-refractivity contribution in [2.24, 2.45) is 5.92 Å². The highest BCUT2D eigenvalue weighted by Gasteiger charge is 2.34. The molecule has 1 aromatic heterocycles. The van der Waals surface area contributed by atoms with Gasteiger partial charge in [-0.1, -0.05) is 6.07 Å². The van der Waals surface area contributed by atoms with Gasteiger partial charge in [0.1, 0.15) is 5.58 Å². The minimum Gasteiger partial charge on any atom is -0.481 e. The van der Waals surface area contributed by atoms with Crippen molar-refractivity contribution in [3.8, 4) is 0 Å². The molecular weight excluding hydrogens is 246 g/mol. The highest BCUT2D eigenvalue weighted by molar-refractivity contribution is 5.86. The Morgan fingerprint density at radius 2 is 2.26 bits per heavy atom. The summed E-state index contributed by atoms with van der Waals surface area (Å²) in [5.74, 6) is -1.58. The molecule has 1 amide bonds. The van der Waals surface area contributed by atoms with E-state index < -0.39 is 11.9 Å². The third-order valence-electron chi connectivity index (χ3n) is 3.45. The zero-order valence-electron chi connectivity index (χ0n) is 10.2. The molecule has 0 radical (unpaired) electrons. The normalized spacial score (nSPS) is 19.3. The van der Waals surface area contributed by atoms with Crippen molar-refractivity contribution in [3.63, 3.8) is 0 Å². The van der Waals surface area contributed by atoms with Gasteiger partial charge in [-0.15, -0.1) is 0 Å². The number of furan rings is 1. The Hall–Kier alpha value is -2.30. The van der Waals surface area contributed by atoms with Crippen LogP contribution < -0.4 is 0 Å². The number of hydrogen-bond donors (Lipinski definition) is 1. The highest BCUT2D eigenvalue weighted by Crippen LogP contribution is 2.22. The molecule has 0 spiro atoms. The van der Waals surface area contributed by atoms with Crippen LogP contribution in [0, 0.1) is 5.92 Å². The number of hydrogen-bond acceptors (Lipinski definition) is 3. The van der Waals surface area contributed by atoms with Crippen LogP contribution in [0.25, 0.3) is 11.0 Å². The summed E-state index contributed by atoms with van der Waals surface area (Å²) in [5, 5.41) is 9.92. The molecule has 1 unspecified atom stereocenters. The minimum absolute atomic E-state index is 0.0975. The van der Waals surface area contributed by atoms with Gasteiger partial charge in [0.15, 0.2) is 0 Å². The fourth-order valence-corrected chi connectivity index (χ4v) is 2.43. The maximum atomic E-state index is 11.8. The maximum absolute atomic E-state index is 11.8. The largest absolute Gasteiger partial charge is 0.481 e. The first kappa shape index (κ1) is 11.8. The molecule has 0 saturated carbocycles. The number of carboxylic acid groups (broad SMARTS) is 1. The van der Waals surface area contributed by atoms with Crippen LogP contribution in [0.5, 0.6) is 0 Å². The Bertz CT molecular complexity index is 646. The molecule has 0 aliphatic carbocycles. The number of aliphatic carboxylic acids is 1. The van der Waals surface area contributed by atoms with E-state index in [0.29, 0.717) is 6.54 Å². The number of benzene rings is 1. The van der Waals surface area contributed by atoms with Gasteiger partial charge in [0.25, 0.3) is 0 Å². The predicted octanol–water partition coefficient (Wildman–Crippen LogP) is 1.87. The van der Waals surface area contributed by atoms with Crippen LogP contribution in [0.3, 0.4) is 0 Å². The van der Waals surface area contributed by atoms with E-state index in [2.05, 4.69) is 0 Å². The summed E-state index contributed by atoms with van der Waals surface area (Å²) in [6, 6.07) is 7.58. The van der Waals surface area contributed by atoms with Crippen molar-refractivity contribution in [3.05, 3.63) is 36.1 Å². The second-order valence-electron chi connectivity index (χ2n) is 4.81. The molecular formula is C14H13NO4. The van der Waals surface area contributed by atoms with Crippen LogP contribution in [0.2, 0.25) is 0 Å². The number of carbonyl (C=O) groups is 2. The molecule has 1 N–H and O–H groups in total. The van der Waals surface area contributed by atoms with Crippen LogP contribution >= 0.6 is 0 Å². The number of likely N-dealkylation sites (tertiary alicyclic amines) is 1. The molecule has 1 atom stereocenters. The number of fused-ring (bicyclic) bond motifs is 1. The van der Waals surface area contributed by atoms with Gasteiger partial charge in [0, 0.05) is 24.9 Å². The van der Waals surface area contributed by atoms with Gasteiger partial charge in [0.05, 0.1) is 12.2 Å². The van der Waals surface area contributed by atoms with E-state index in [1.54, 1.807) is 11.2 Å². The molecule has 5 heteroatoms. The first-order valence-corrected chi connectivity index (χ1v) is 6.10. The molecule has 5 nitrogen and oxygen atoms in total. The van der Waals surface area contributed by atoms with Crippen LogP contribution in [-0.2, 0) is 16.1 Å². The minimum atomic E-state index is -0.902. The van der Waals surface area contributed by atoms with Crippen molar-refractivity contribution in [1.82, 2.24) is 4.90 Å². The van der Waals surface area contributed by atoms with E-state index in [4.69, 9.17) is 9.52 Å². The van der Waals surface area contributed by atoms with E-state index in [-0.39, 0.29) is 18.9 Å². The average Bonchev–Trinajstić information content (AvgIpc) is 2.96. The van der Waals surface area contributed by atoms with Crippen LogP contribution in [-0.4, -0.2) is 28.4 Å². The number of rotatable bonds is 3. The molecule has 1 aliphatic rings. The fourth-order valence-electron chi connectivity index (χ4n) is 2.43. The Labute approximate surface area is 109 Å². The molecule has 1 saturated heterocycles. The average molecular weight is 259 g/mol. The summed E-state index contributed by atoms with van der Waals surface area (Å²) in [6.07, 6.45) is 1.72. The van der Waals surface area contributed by atoms with Gasteiger partial charge in [0.2, 0.25) is 5.91 Å². The van der Waals surface area contributed by atoms with Crippen molar-refractivity contribution in [2.75, 3.05) is 6.54 Å². The third-order valence-corrected chi connectivity index (χ3v) is 3.45. The second-order valence-corrected chi connectivity index (χ2v) is 4.81. The zero-order chi connectivity index (χ0) is 13.4. The van der Waals surface area contributed by atoms with Gasteiger partial charge in [-0.3, -0.25) is 9.59 Å². The lowest BCUT2D eigenvalue weighted by molar-refractivity contribution is -0.141. The van der Waals surface area contributed by atoms with E-state index in [1.807, 2.05) is 24.3 Å². The van der Waals surface area contributed by atoms with Crippen LogP contribution in [0.15, 0.2) is 34.9 Å². The van der Waals surface area contributed by atoms with Crippen molar-refractivity contribution in [1.29, 1.82) is 0 Å². The van der Waals surface area contributed by atoms with Gasteiger partial charge in [-0.2, -0.15) is 0 Å². The summed E-state index contributed by atoms with van der Waals surface area (Å²) in [4.78, 5) is 24.2. The molecule has 1 fully saturated rings. The van der Waals surface area contributed by atoms with Gasteiger partial charge < -0.3 is 14.4 Å². The standard InChI is InChI=1S/C14H13NO4/c16-13-6-11(14(17)18)8-15(13)7-9-1-2-12-10(5-9)3-4-19-12/h1-5,11H,6-8H2,(H,17,18). The summed E-state index contributed by atoms with van der Waals surface area (Å²) >= 11 is 0. The molecule has 2 aromatic rings. The summed E-state index contributed by atoms with van der Waals surface area (Å²) < 4.78 is 5.25. The summed E-state index contributed by atoms with van der Waals surface area (Å²) in [5.41, 5.74) is 1.79. The van der Waals surface area contributed by atoms with Gasteiger partial charge >= 0.3 is 5.97 Å². The molecule has 19 heavy (non-hydrogen) atoms. The summed E-state index contributed by atoms with van der Waals surface area (Å²) in [7, 11) is 0. The lowest BCUT2D eigenvalue weighted by Gasteiger charge is -2.15.